The van der Waals surface area contributed by atoms with Crippen LogP contribution >= 0.6 is 0 Å². The van der Waals surface area contributed by atoms with E-state index in [0.717, 1.165) is 112 Å². The Bertz CT molecular complexity index is 3800. The number of aryl methyl sites for hydroxylation is 2. The molecule has 0 bridgehead atoms. The molecule has 0 aliphatic carbocycles. The normalized spacial score (nSPS) is 16.4. The quantitative estimate of drug-likeness (QED) is 0.0566. The summed E-state index contributed by atoms with van der Waals surface area (Å²) < 4.78 is 48.8. The van der Waals surface area contributed by atoms with Crippen molar-refractivity contribution in [3.05, 3.63) is 235 Å². The number of benzene rings is 8. The van der Waals surface area contributed by atoms with Crippen molar-refractivity contribution in [2.75, 3.05) is 41.7 Å². The Balaban J connectivity index is 1.17. The topological polar surface area (TPSA) is 121 Å². The summed E-state index contributed by atoms with van der Waals surface area (Å²) in [4.78, 5) is 0. The van der Waals surface area contributed by atoms with Gasteiger partial charge in [-0.2, -0.15) is 0 Å². The molecule has 10 nitrogen and oxygen atoms in total. The zero-order valence-corrected chi connectivity index (χ0v) is 54.8. The van der Waals surface area contributed by atoms with E-state index >= 15 is 0 Å². The molecule has 8 aromatic rings. The highest BCUT2D eigenvalue weighted by molar-refractivity contribution is 5.60. The Morgan fingerprint density at radius 2 is 0.682 bits per heavy atom. The molecule has 2 unspecified atom stereocenters. The summed E-state index contributed by atoms with van der Waals surface area (Å²) in [7, 11) is 6.74. The molecule has 10 heteroatoms. The Morgan fingerprint density at radius 1 is 0.398 bits per heavy atom. The van der Waals surface area contributed by atoms with Crippen LogP contribution in [0.5, 0.6) is 46.0 Å². The van der Waals surface area contributed by atoms with E-state index in [4.69, 9.17) is 37.9 Å². The monoisotopic (exact) mass is 1190 g/mol. The Kier molecular flexibility index (Phi) is 17.6. The van der Waals surface area contributed by atoms with Crippen molar-refractivity contribution in [2.45, 2.75) is 155 Å². The molecule has 2 heterocycles. The summed E-state index contributed by atoms with van der Waals surface area (Å²) in [5.74, 6) is 5.04. The van der Waals surface area contributed by atoms with Crippen LogP contribution in [0.1, 0.15) is 165 Å². The van der Waals surface area contributed by atoms with Gasteiger partial charge in [0.1, 0.15) is 71.4 Å². The first-order chi connectivity index (χ1) is 41.7. The zero-order chi connectivity index (χ0) is 63.3. The van der Waals surface area contributed by atoms with E-state index in [0.29, 0.717) is 37.2 Å². The van der Waals surface area contributed by atoms with E-state index in [2.05, 4.69) is 180 Å². The summed E-state index contributed by atoms with van der Waals surface area (Å²) in [6.07, 6.45) is 0.950. The van der Waals surface area contributed by atoms with Crippen molar-refractivity contribution in [3.8, 4) is 46.0 Å². The van der Waals surface area contributed by atoms with Crippen LogP contribution in [0.3, 0.4) is 0 Å². The molecule has 0 saturated carbocycles. The van der Waals surface area contributed by atoms with Crippen LogP contribution < -0.4 is 28.4 Å². The standard InChI is InChI=1S/C78H90O10/c1-47-34-60(74(4,5)56-18-26-64(81-14)27-19-56)39-50(70(47)79)36-51-40-62(76(8,9)58-22-30-66(83-16)31-23-58)41-52(71(51)80)37-54-43-63(77(10,11)59-24-32-67(84-17)33-25-59)44-55(73(54)85-45-68-49(3)87-68)38-53-42-61(75(6,7)57-20-28-65(82-15)29-21-57)35-48(2)72(53)86-46-69-78(12,13)88-69/h18-35,39-44,49,68-69,79-80H,36-38,45-46H2,1-17H3/t49-,68?,69?/m0/s1. The van der Waals surface area contributed by atoms with Crippen LogP contribution in [-0.4, -0.2) is 75.8 Å². The van der Waals surface area contributed by atoms with Crippen LogP contribution in [0.15, 0.2) is 146 Å². The van der Waals surface area contributed by atoms with E-state index in [1.54, 1.807) is 28.4 Å². The summed E-state index contributed by atoms with van der Waals surface area (Å²) in [5, 5.41) is 25.3. The molecule has 0 spiro atoms. The Morgan fingerprint density at radius 3 is 1.02 bits per heavy atom. The molecule has 2 aliphatic heterocycles. The fraction of sp³-hybridized carbons (Fsp3) is 0.385. The average Bonchev–Trinajstić information content (AvgIpc) is 2.08. The van der Waals surface area contributed by atoms with E-state index < -0.39 is 21.7 Å². The molecule has 0 radical (unpaired) electrons. The molecule has 0 amide bonds. The first kappa shape index (κ1) is 63.1. The number of phenols is 2. The zero-order valence-electron chi connectivity index (χ0n) is 54.8. The second-order valence-electron chi connectivity index (χ2n) is 27.0. The minimum Gasteiger partial charge on any atom is -0.507 e. The van der Waals surface area contributed by atoms with Gasteiger partial charge in [-0.15, -0.1) is 0 Å². The summed E-state index contributed by atoms with van der Waals surface area (Å²) in [6.45, 7) is 29.0. The maximum absolute atomic E-state index is 13.2. The van der Waals surface area contributed by atoms with Gasteiger partial charge in [-0.05, 0) is 172 Å². The highest BCUT2D eigenvalue weighted by Gasteiger charge is 2.48. The lowest BCUT2D eigenvalue weighted by Gasteiger charge is -2.31. The maximum atomic E-state index is 13.2. The van der Waals surface area contributed by atoms with Gasteiger partial charge in [0, 0.05) is 40.9 Å². The number of methoxy groups -OCH3 is 4. The minimum absolute atomic E-state index is 0.0408. The SMILES string of the molecule is COc1ccc(C(C)(C)c2cc(C)c(O)c(Cc3cc(C(C)(C)c4ccc(OC)cc4)cc(Cc4cc(C(C)(C)c5ccc(OC)cc5)cc(Cc5cc(C(C)(C)c6ccc(OC)cc6)cc(C)c5OCC5OC5(C)C)c4OCC4O[C@H]4C)c3O)c2)cc1. The number of aromatic hydroxyl groups is 2. The summed E-state index contributed by atoms with van der Waals surface area (Å²) in [6, 6.07) is 50.7. The van der Waals surface area contributed by atoms with Crippen LogP contribution in [0.2, 0.25) is 0 Å². The molecule has 0 aromatic heterocycles. The molecule has 462 valence electrons. The van der Waals surface area contributed by atoms with Gasteiger partial charge in [0.15, 0.2) is 0 Å². The maximum Gasteiger partial charge on any atom is 0.126 e. The molecule has 8 aromatic carbocycles. The lowest BCUT2D eigenvalue weighted by Crippen LogP contribution is -2.22. The predicted molar refractivity (Wildman–Crippen MR) is 352 cm³/mol. The van der Waals surface area contributed by atoms with Gasteiger partial charge in [-0.3, -0.25) is 0 Å². The van der Waals surface area contributed by atoms with E-state index in [9.17, 15) is 10.2 Å². The van der Waals surface area contributed by atoms with Gasteiger partial charge in [0.05, 0.1) is 40.1 Å². The van der Waals surface area contributed by atoms with Crippen LogP contribution in [0, 0.1) is 13.8 Å². The van der Waals surface area contributed by atoms with Crippen LogP contribution in [-0.2, 0) is 50.4 Å². The van der Waals surface area contributed by atoms with Gasteiger partial charge in [0.2, 0.25) is 0 Å². The molecule has 2 fully saturated rings. The van der Waals surface area contributed by atoms with E-state index in [-0.39, 0.29) is 41.8 Å². The van der Waals surface area contributed by atoms with Gasteiger partial charge < -0.3 is 48.1 Å². The number of hydrogen-bond acceptors (Lipinski definition) is 10. The molecular weight excluding hydrogens is 1100 g/mol. The fourth-order valence-corrected chi connectivity index (χ4v) is 12.5. The third-order valence-electron chi connectivity index (χ3n) is 19.3. The summed E-state index contributed by atoms with van der Waals surface area (Å²) >= 11 is 0. The third-order valence-corrected chi connectivity index (χ3v) is 19.3. The van der Waals surface area contributed by atoms with Crippen molar-refractivity contribution in [3.63, 3.8) is 0 Å². The van der Waals surface area contributed by atoms with Gasteiger partial charge in [0.25, 0.3) is 0 Å². The van der Waals surface area contributed by atoms with Crippen molar-refractivity contribution < 1.29 is 48.1 Å². The van der Waals surface area contributed by atoms with Crippen molar-refractivity contribution in [1.82, 2.24) is 0 Å². The highest BCUT2D eigenvalue weighted by atomic mass is 16.6. The van der Waals surface area contributed by atoms with E-state index in [1.165, 1.54) is 0 Å². The van der Waals surface area contributed by atoms with Gasteiger partial charge in [-0.25, -0.2) is 0 Å². The minimum atomic E-state index is -0.554. The largest absolute Gasteiger partial charge is 0.507 e. The molecule has 2 saturated heterocycles. The first-order valence-corrected chi connectivity index (χ1v) is 30.8. The molecule has 88 heavy (non-hydrogen) atoms. The van der Waals surface area contributed by atoms with Crippen molar-refractivity contribution >= 4 is 0 Å². The fourth-order valence-electron chi connectivity index (χ4n) is 12.5. The van der Waals surface area contributed by atoms with Crippen LogP contribution in [0.25, 0.3) is 0 Å². The molecule has 2 aliphatic rings. The number of ether oxygens (including phenoxy) is 8. The molecule has 10 rings (SSSR count). The smallest absolute Gasteiger partial charge is 0.126 e. The Hall–Kier alpha value is -7.92. The van der Waals surface area contributed by atoms with Crippen molar-refractivity contribution in [2.24, 2.45) is 0 Å². The number of epoxide rings is 2. The second kappa shape index (κ2) is 24.6. The lowest BCUT2D eigenvalue weighted by molar-refractivity contribution is 0.251. The molecular formula is C78H90O10. The van der Waals surface area contributed by atoms with Crippen LogP contribution in [0.4, 0.5) is 0 Å². The number of hydrogen-bond donors (Lipinski definition) is 2. The van der Waals surface area contributed by atoms with Gasteiger partial charge in [-0.1, -0.05) is 152 Å². The lowest BCUT2D eigenvalue weighted by atomic mass is 9.74. The average molecular weight is 1190 g/mol. The van der Waals surface area contributed by atoms with Gasteiger partial charge >= 0.3 is 0 Å². The predicted octanol–water partition coefficient (Wildman–Crippen LogP) is 16.5. The second-order valence-corrected chi connectivity index (χ2v) is 27.0. The number of phenolic OH excluding ortho intramolecular Hbond substituents is 2. The molecule has 2 N–H and O–H groups in total. The highest BCUT2D eigenvalue weighted by Crippen LogP contribution is 2.47. The third kappa shape index (κ3) is 13.0. The summed E-state index contributed by atoms with van der Waals surface area (Å²) in [5.41, 5.74) is 13.3. The van der Waals surface area contributed by atoms with Crippen molar-refractivity contribution in [1.29, 1.82) is 0 Å². The van der Waals surface area contributed by atoms with E-state index in [1.807, 2.05) is 55.5 Å². The first-order valence-electron chi connectivity index (χ1n) is 30.8. The number of rotatable bonds is 24. The Labute approximate surface area is 522 Å². The molecule has 3 atom stereocenters.